The number of ether oxygens (including phenoxy) is 1. The summed E-state index contributed by atoms with van der Waals surface area (Å²) in [5.41, 5.74) is 2.58. The number of hydrogen-bond acceptors (Lipinski definition) is 5. The van der Waals surface area contributed by atoms with Gasteiger partial charge in [-0.2, -0.15) is 11.3 Å². The van der Waals surface area contributed by atoms with E-state index >= 15 is 0 Å². The highest BCUT2D eigenvalue weighted by Crippen LogP contribution is 2.23. The van der Waals surface area contributed by atoms with Crippen molar-refractivity contribution in [2.24, 2.45) is 0 Å². The minimum atomic E-state index is -0.285. The molecule has 1 heterocycles. The zero-order chi connectivity index (χ0) is 22.9. The summed E-state index contributed by atoms with van der Waals surface area (Å²) in [6.45, 7) is 6.50. The largest absolute Gasteiger partial charge is 0.497 e. The minimum absolute atomic E-state index is 0.0984. The molecule has 0 aliphatic carbocycles. The standard InChI is InChI=1S/C25H29N3O3S/c1-4-28(5-2)23(19-14-15-32-17-19)16-26-25(30)21-8-6-7-9-22(21)27-24(29)18-10-12-20(31-3)13-11-18/h6-15,17,23H,4-5,16H2,1-3H3,(H,26,30)(H,27,29). The Morgan fingerprint density at radius 3 is 2.34 bits per heavy atom. The molecule has 1 aromatic heterocycles. The fourth-order valence-electron chi connectivity index (χ4n) is 3.60. The van der Waals surface area contributed by atoms with E-state index in [4.69, 9.17) is 4.74 Å². The van der Waals surface area contributed by atoms with E-state index in [2.05, 4.69) is 46.2 Å². The Bertz CT molecular complexity index is 1020. The van der Waals surface area contributed by atoms with E-state index < -0.39 is 0 Å². The van der Waals surface area contributed by atoms with Crippen LogP contribution in [0.1, 0.15) is 46.2 Å². The molecule has 0 aliphatic rings. The first-order valence-corrected chi connectivity index (χ1v) is 11.6. The van der Waals surface area contributed by atoms with Gasteiger partial charge in [0.05, 0.1) is 24.4 Å². The molecule has 0 fully saturated rings. The lowest BCUT2D eigenvalue weighted by molar-refractivity contribution is 0.0936. The third kappa shape index (κ3) is 5.75. The maximum atomic E-state index is 13.0. The van der Waals surface area contributed by atoms with Crippen LogP contribution < -0.4 is 15.4 Å². The van der Waals surface area contributed by atoms with Gasteiger partial charge in [0.2, 0.25) is 0 Å². The summed E-state index contributed by atoms with van der Waals surface area (Å²) in [5, 5.41) is 10.1. The lowest BCUT2D eigenvalue weighted by Gasteiger charge is -2.29. The SMILES string of the molecule is CCN(CC)C(CNC(=O)c1ccccc1NC(=O)c1ccc(OC)cc1)c1ccsc1. The van der Waals surface area contributed by atoms with Crippen LogP contribution in [-0.4, -0.2) is 43.5 Å². The average molecular weight is 452 g/mol. The first kappa shape index (κ1) is 23.5. The van der Waals surface area contributed by atoms with Crippen molar-refractivity contribution in [2.75, 3.05) is 32.1 Å². The molecule has 1 atom stereocenters. The number of benzene rings is 2. The van der Waals surface area contributed by atoms with Gasteiger partial charge in [-0.3, -0.25) is 14.5 Å². The summed E-state index contributed by atoms with van der Waals surface area (Å²) in [6, 6.07) is 16.1. The first-order valence-electron chi connectivity index (χ1n) is 10.7. The fraction of sp³-hybridized carbons (Fsp3) is 0.280. The molecular weight excluding hydrogens is 422 g/mol. The van der Waals surface area contributed by atoms with Gasteiger partial charge >= 0.3 is 0 Å². The Kier molecular flexibility index (Phi) is 8.41. The van der Waals surface area contributed by atoms with E-state index in [0.717, 1.165) is 13.1 Å². The van der Waals surface area contributed by atoms with Crippen LogP contribution in [-0.2, 0) is 0 Å². The van der Waals surface area contributed by atoms with E-state index in [1.165, 1.54) is 5.56 Å². The number of nitrogens with zero attached hydrogens (tertiary/aromatic N) is 1. The molecule has 2 amide bonds. The molecule has 7 heteroatoms. The second-order valence-corrected chi connectivity index (χ2v) is 8.01. The lowest BCUT2D eigenvalue weighted by atomic mass is 10.1. The molecule has 0 saturated heterocycles. The second-order valence-electron chi connectivity index (χ2n) is 7.23. The van der Waals surface area contributed by atoms with Crippen molar-refractivity contribution in [3.63, 3.8) is 0 Å². The van der Waals surface area contributed by atoms with Crippen molar-refractivity contribution >= 4 is 28.8 Å². The first-order chi connectivity index (χ1) is 15.6. The number of anilines is 1. The van der Waals surface area contributed by atoms with Crippen LogP contribution in [0.15, 0.2) is 65.4 Å². The molecule has 0 spiro atoms. The molecular formula is C25H29N3O3S. The number of amides is 2. The highest BCUT2D eigenvalue weighted by molar-refractivity contribution is 7.08. The van der Waals surface area contributed by atoms with E-state index in [1.54, 1.807) is 67.0 Å². The average Bonchev–Trinajstić information content (AvgIpc) is 3.36. The third-order valence-corrected chi connectivity index (χ3v) is 6.11. The van der Waals surface area contributed by atoms with Crippen LogP contribution in [0.4, 0.5) is 5.69 Å². The highest BCUT2D eigenvalue weighted by Gasteiger charge is 2.21. The Hall–Kier alpha value is -3.16. The summed E-state index contributed by atoms with van der Waals surface area (Å²) in [5.74, 6) is 0.171. The summed E-state index contributed by atoms with van der Waals surface area (Å²) < 4.78 is 5.14. The summed E-state index contributed by atoms with van der Waals surface area (Å²) >= 11 is 1.65. The predicted octanol–water partition coefficient (Wildman–Crippen LogP) is 4.82. The van der Waals surface area contributed by atoms with Crippen molar-refractivity contribution < 1.29 is 14.3 Å². The maximum absolute atomic E-state index is 13.0. The van der Waals surface area contributed by atoms with Crippen LogP contribution in [0.25, 0.3) is 0 Å². The molecule has 2 aromatic carbocycles. The maximum Gasteiger partial charge on any atom is 0.255 e. The number of carbonyl (C=O) groups is 2. The van der Waals surface area contributed by atoms with Crippen molar-refractivity contribution in [1.29, 1.82) is 0 Å². The number of methoxy groups -OCH3 is 1. The Morgan fingerprint density at radius 2 is 1.72 bits per heavy atom. The highest BCUT2D eigenvalue weighted by atomic mass is 32.1. The zero-order valence-electron chi connectivity index (χ0n) is 18.6. The Balaban J connectivity index is 1.72. The number of carbonyl (C=O) groups excluding carboxylic acids is 2. The van der Waals surface area contributed by atoms with Crippen LogP contribution in [0.2, 0.25) is 0 Å². The van der Waals surface area contributed by atoms with Crippen molar-refractivity contribution in [2.45, 2.75) is 19.9 Å². The van der Waals surface area contributed by atoms with E-state index in [-0.39, 0.29) is 17.9 Å². The molecule has 1 unspecified atom stereocenters. The smallest absolute Gasteiger partial charge is 0.255 e. The molecule has 0 aliphatic heterocycles. The van der Waals surface area contributed by atoms with Crippen molar-refractivity contribution in [1.82, 2.24) is 10.2 Å². The Morgan fingerprint density at radius 1 is 1.00 bits per heavy atom. The number of thiophene rings is 1. The van der Waals surface area contributed by atoms with Gasteiger partial charge in [0.15, 0.2) is 0 Å². The summed E-state index contributed by atoms with van der Waals surface area (Å²) in [6.07, 6.45) is 0. The van der Waals surface area contributed by atoms with Gasteiger partial charge in [-0.15, -0.1) is 0 Å². The Labute approximate surface area is 193 Å². The van der Waals surface area contributed by atoms with Gasteiger partial charge in [-0.05, 0) is 71.9 Å². The van der Waals surface area contributed by atoms with Gasteiger partial charge in [-0.25, -0.2) is 0 Å². The number of rotatable bonds is 10. The molecule has 0 saturated carbocycles. The number of hydrogen-bond donors (Lipinski definition) is 2. The fourth-order valence-corrected chi connectivity index (χ4v) is 4.31. The van der Waals surface area contributed by atoms with Gasteiger partial charge < -0.3 is 15.4 Å². The molecule has 6 nitrogen and oxygen atoms in total. The van der Waals surface area contributed by atoms with Crippen molar-refractivity contribution in [3.05, 3.63) is 82.0 Å². The molecule has 168 valence electrons. The van der Waals surface area contributed by atoms with Crippen LogP contribution in [0.5, 0.6) is 5.75 Å². The number of para-hydroxylation sites is 1. The van der Waals surface area contributed by atoms with Crippen LogP contribution in [0.3, 0.4) is 0 Å². The monoisotopic (exact) mass is 451 g/mol. The predicted molar refractivity (Wildman–Crippen MR) is 130 cm³/mol. The van der Waals surface area contributed by atoms with Crippen LogP contribution >= 0.6 is 11.3 Å². The molecule has 32 heavy (non-hydrogen) atoms. The van der Waals surface area contributed by atoms with Gasteiger partial charge in [0, 0.05) is 12.1 Å². The molecule has 3 rings (SSSR count). The zero-order valence-corrected chi connectivity index (χ0v) is 19.4. The van der Waals surface area contributed by atoms with E-state index in [1.807, 2.05) is 0 Å². The van der Waals surface area contributed by atoms with Crippen LogP contribution in [0, 0.1) is 0 Å². The minimum Gasteiger partial charge on any atom is -0.497 e. The molecule has 3 aromatic rings. The van der Waals surface area contributed by atoms with Gasteiger partial charge in [0.25, 0.3) is 11.8 Å². The van der Waals surface area contributed by atoms with Crippen molar-refractivity contribution in [3.8, 4) is 5.75 Å². The molecule has 2 N–H and O–H groups in total. The summed E-state index contributed by atoms with van der Waals surface area (Å²) in [7, 11) is 1.58. The normalized spacial score (nSPS) is 11.8. The third-order valence-electron chi connectivity index (χ3n) is 5.41. The molecule has 0 bridgehead atoms. The van der Waals surface area contributed by atoms with E-state index in [9.17, 15) is 9.59 Å². The second kappa shape index (κ2) is 11.5. The summed E-state index contributed by atoms with van der Waals surface area (Å²) in [4.78, 5) is 28.1. The number of likely N-dealkylation sites (N-methyl/N-ethyl adjacent to an activating group) is 1. The van der Waals surface area contributed by atoms with Gasteiger partial charge in [0.1, 0.15) is 5.75 Å². The topological polar surface area (TPSA) is 70.7 Å². The van der Waals surface area contributed by atoms with Gasteiger partial charge in [-0.1, -0.05) is 26.0 Å². The number of nitrogens with one attached hydrogen (secondary N) is 2. The quantitative estimate of drug-likeness (QED) is 0.464. The molecule has 0 radical (unpaired) electrons. The lowest BCUT2D eigenvalue weighted by Crippen LogP contribution is -2.38. The van der Waals surface area contributed by atoms with E-state index in [0.29, 0.717) is 29.1 Å².